The Kier molecular flexibility index (Phi) is 5.30. The van der Waals surface area contributed by atoms with Gasteiger partial charge in [-0.1, -0.05) is 28.1 Å². The number of halogens is 1. The van der Waals surface area contributed by atoms with E-state index in [9.17, 15) is 0 Å². The predicted molar refractivity (Wildman–Crippen MR) is 85.9 cm³/mol. The average molecular weight is 336 g/mol. The fourth-order valence-corrected chi connectivity index (χ4v) is 2.40. The van der Waals surface area contributed by atoms with Crippen LogP contribution in [0.25, 0.3) is 0 Å². The molecule has 0 fully saturated rings. The Morgan fingerprint density at radius 3 is 2.30 bits per heavy atom. The lowest BCUT2D eigenvalue weighted by Crippen LogP contribution is -2.05. The molecule has 20 heavy (non-hydrogen) atoms. The van der Waals surface area contributed by atoms with Gasteiger partial charge in [0.05, 0.1) is 14.2 Å². The Morgan fingerprint density at radius 1 is 0.950 bits per heavy atom. The zero-order valence-electron chi connectivity index (χ0n) is 11.7. The van der Waals surface area contributed by atoms with Crippen molar-refractivity contribution in [2.45, 2.75) is 6.42 Å². The first-order valence-electron chi connectivity index (χ1n) is 6.42. The lowest BCUT2D eigenvalue weighted by molar-refractivity contribution is 0.414. The van der Waals surface area contributed by atoms with Gasteiger partial charge in [0, 0.05) is 22.8 Å². The molecule has 2 rings (SSSR count). The van der Waals surface area contributed by atoms with Gasteiger partial charge in [0.25, 0.3) is 0 Å². The summed E-state index contributed by atoms with van der Waals surface area (Å²) in [6.07, 6.45) is 0.957. The van der Waals surface area contributed by atoms with Gasteiger partial charge in [0.1, 0.15) is 11.5 Å². The lowest BCUT2D eigenvalue weighted by Gasteiger charge is -2.09. The maximum Gasteiger partial charge on any atom is 0.122 e. The number of ether oxygens (including phenoxy) is 2. The summed E-state index contributed by atoms with van der Waals surface area (Å²) in [5, 5.41) is 3.40. The first-order valence-corrected chi connectivity index (χ1v) is 7.22. The van der Waals surface area contributed by atoms with Gasteiger partial charge in [-0.3, -0.25) is 0 Å². The zero-order valence-corrected chi connectivity index (χ0v) is 13.2. The molecular formula is C16H18BrNO2. The molecule has 2 aromatic rings. The van der Waals surface area contributed by atoms with E-state index in [1.807, 2.05) is 30.3 Å². The van der Waals surface area contributed by atoms with E-state index in [0.29, 0.717) is 0 Å². The summed E-state index contributed by atoms with van der Waals surface area (Å²) < 4.78 is 11.4. The van der Waals surface area contributed by atoms with Gasteiger partial charge < -0.3 is 14.8 Å². The number of rotatable bonds is 6. The molecule has 0 atom stereocenters. The molecule has 0 aromatic heterocycles. The molecule has 0 aliphatic carbocycles. The summed E-state index contributed by atoms with van der Waals surface area (Å²) in [6, 6.07) is 14.1. The molecule has 0 unspecified atom stereocenters. The molecule has 0 spiro atoms. The van der Waals surface area contributed by atoms with Gasteiger partial charge in [-0.15, -0.1) is 0 Å². The van der Waals surface area contributed by atoms with Gasteiger partial charge in [0.15, 0.2) is 0 Å². The smallest absolute Gasteiger partial charge is 0.122 e. The van der Waals surface area contributed by atoms with Gasteiger partial charge >= 0.3 is 0 Å². The van der Waals surface area contributed by atoms with Crippen molar-refractivity contribution in [1.29, 1.82) is 0 Å². The third-order valence-corrected chi connectivity index (χ3v) is 3.47. The first kappa shape index (κ1) is 14.7. The SMILES string of the molecule is COc1ccc(CCNc2cc(Br)cc(OC)c2)cc1. The molecule has 0 amide bonds. The van der Waals surface area contributed by atoms with E-state index in [1.54, 1.807) is 14.2 Å². The van der Waals surface area contributed by atoms with Gasteiger partial charge in [0.2, 0.25) is 0 Å². The van der Waals surface area contributed by atoms with E-state index in [-0.39, 0.29) is 0 Å². The summed E-state index contributed by atoms with van der Waals surface area (Å²) in [5.41, 5.74) is 2.32. The highest BCUT2D eigenvalue weighted by Gasteiger charge is 2.00. The highest BCUT2D eigenvalue weighted by atomic mass is 79.9. The number of methoxy groups -OCH3 is 2. The minimum atomic E-state index is 0.839. The Balaban J connectivity index is 1.90. The van der Waals surface area contributed by atoms with Gasteiger partial charge in [-0.2, -0.15) is 0 Å². The molecule has 0 heterocycles. The Bertz CT molecular complexity index is 555. The third-order valence-electron chi connectivity index (χ3n) is 3.01. The highest BCUT2D eigenvalue weighted by molar-refractivity contribution is 9.10. The van der Waals surface area contributed by atoms with E-state index in [1.165, 1.54) is 5.56 Å². The van der Waals surface area contributed by atoms with Crippen LogP contribution in [0.4, 0.5) is 5.69 Å². The topological polar surface area (TPSA) is 30.5 Å². The predicted octanol–water partition coefficient (Wildman–Crippen LogP) is 4.12. The highest BCUT2D eigenvalue weighted by Crippen LogP contribution is 2.24. The second kappa shape index (κ2) is 7.20. The van der Waals surface area contributed by atoms with Crippen molar-refractivity contribution in [3.05, 3.63) is 52.5 Å². The van der Waals surface area contributed by atoms with E-state index >= 15 is 0 Å². The van der Waals surface area contributed by atoms with Crippen molar-refractivity contribution in [3.63, 3.8) is 0 Å². The van der Waals surface area contributed by atoms with Crippen LogP contribution in [0.2, 0.25) is 0 Å². The second-order valence-electron chi connectivity index (χ2n) is 4.40. The number of anilines is 1. The summed E-state index contributed by atoms with van der Waals surface area (Å²) >= 11 is 3.47. The quantitative estimate of drug-likeness (QED) is 0.861. The Morgan fingerprint density at radius 2 is 1.65 bits per heavy atom. The van der Waals surface area contributed by atoms with Crippen LogP contribution < -0.4 is 14.8 Å². The summed E-state index contributed by atoms with van der Waals surface area (Å²) in [4.78, 5) is 0. The molecule has 0 aliphatic rings. The zero-order chi connectivity index (χ0) is 14.4. The van der Waals surface area contributed by atoms with Crippen molar-refractivity contribution in [3.8, 4) is 11.5 Å². The second-order valence-corrected chi connectivity index (χ2v) is 5.32. The number of hydrogen-bond acceptors (Lipinski definition) is 3. The molecule has 4 heteroatoms. The maximum atomic E-state index is 5.24. The molecule has 0 aliphatic heterocycles. The van der Waals surface area contributed by atoms with E-state index in [0.717, 1.165) is 34.6 Å². The Labute approximate surface area is 128 Å². The maximum absolute atomic E-state index is 5.24. The van der Waals surface area contributed by atoms with Crippen molar-refractivity contribution in [2.24, 2.45) is 0 Å². The molecule has 0 radical (unpaired) electrons. The lowest BCUT2D eigenvalue weighted by atomic mass is 10.1. The molecule has 0 bridgehead atoms. The summed E-state index contributed by atoms with van der Waals surface area (Å²) in [7, 11) is 3.35. The normalized spacial score (nSPS) is 10.2. The molecule has 2 aromatic carbocycles. The van der Waals surface area contributed by atoms with Crippen LogP contribution in [0, 0.1) is 0 Å². The van der Waals surface area contributed by atoms with E-state index < -0.39 is 0 Å². The third kappa shape index (κ3) is 4.17. The largest absolute Gasteiger partial charge is 0.497 e. The number of nitrogens with one attached hydrogen (secondary N) is 1. The molecule has 3 nitrogen and oxygen atoms in total. The fraction of sp³-hybridized carbons (Fsp3) is 0.250. The molecule has 0 saturated heterocycles. The van der Waals surface area contributed by atoms with Crippen LogP contribution in [0.3, 0.4) is 0 Å². The van der Waals surface area contributed by atoms with Crippen LogP contribution >= 0.6 is 15.9 Å². The van der Waals surface area contributed by atoms with Crippen LogP contribution in [0.15, 0.2) is 46.9 Å². The van der Waals surface area contributed by atoms with Crippen LogP contribution in [0.1, 0.15) is 5.56 Å². The first-order chi connectivity index (χ1) is 9.71. The molecular weight excluding hydrogens is 318 g/mol. The minimum absolute atomic E-state index is 0.839. The van der Waals surface area contributed by atoms with E-state index in [2.05, 4.69) is 33.4 Å². The molecule has 1 N–H and O–H groups in total. The minimum Gasteiger partial charge on any atom is -0.497 e. The van der Waals surface area contributed by atoms with Crippen LogP contribution in [-0.4, -0.2) is 20.8 Å². The summed E-state index contributed by atoms with van der Waals surface area (Å²) in [6.45, 7) is 0.867. The summed E-state index contributed by atoms with van der Waals surface area (Å²) in [5.74, 6) is 1.73. The Hall–Kier alpha value is -1.68. The van der Waals surface area contributed by atoms with Crippen molar-refractivity contribution in [1.82, 2.24) is 0 Å². The molecule has 0 saturated carbocycles. The van der Waals surface area contributed by atoms with Crippen molar-refractivity contribution in [2.75, 3.05) is 26.1 Å². The van der Waals surface area contributed by atoms with Crippen molar-refractivity contribution >= 4 is 21.6 Å². The molecule has 106 valence electrons. The fourth-order valence-electron chi connectivity index (χ4n) is 1.93. The van der Waals surface area contributed by atoms with Gasteiger partial charge in [-0.05, 0) is 36.2 Å². The number of hydrogen-bond donors (Lipinski definition) is 1. The van der Waals surface area contributed by atoms with Gasteiger partial charge in [-0.25, -0.2) is 0 Å². The van der Waals surface area contributed by atoms with Crippen LogP contribution in [-0.2, 0) is 6.42 Å². The van der Waals surface area contributed by atoms with E-state index in [4.69, 9.17) is 9.47 Å². The van der Waals surface area contributed by atoms with Crippen molar-refractivity contribution < 1.29 is 9.47 Å². The standard InChI is InChI=1S/C16H18BrNO2/c1-19-15-5-3-12(4-6-15)7-8-18-14-9-13(17)10-16(11-14)20-2/h3-6,9-11,18H,7-8H2,1-2H3. The number of benzene rings is 2. The average Bonchev–Trinajstić information content (AvgIpc) is 2.47. The monoisotopic (exact) mass is 335 g/mol. The van der Waals surface area contributed by atoms with Crippen LogP contribution in [0.5, 0.6) is 11.5 Å².